The summed E-state index contributed by atoms with van der Waals surface area (Å²) >= 11 is 1.53. The number of amides is 1. The summed E-state index contributed by atoms with van der Waals surface area (Å²) in [6.45, 7) is 2.30. The van der Waals surface area contributed by atoms with Crippen LogP contribution in [0.25, 0.3) is 10.2 Å². The predicted octanol–water partition coefficient (Wildman–Crippen LogP) is 2.83. The van der Waals surface area contributed by atoms with E-state index in [-0.39, 0.29) is 23.0 Å². The van der Waals surface area contributed by atoms with Crippen molar-refractivity contribution in [3.8, 4) is 11.5 Å². The van der Waals surface area contributed by atoms with Crippen LogP contribution in [0.1, 0.15) is 6.42 Å². The Morgan fingerprint density at radius 1 is 1.00 bits per heavy atom. The SMILES string of the molecule is COc1ccc(OC)c2sc(N3CCN(C(=O)CCS(=O)(=O)c4ccccc4)CC3)nc12. The second-order valence-electron chi connectivity index (χ2n) is 7.39. The summed E-state index contributed by atoms with van der Waals surface area (Å²) in [6, 6.07) is 11.9. The van der Waals surface area contributed by atoms with Gasteiger partial charge in [-0.15, -0.1) is 0 Å². The van der Waals surface area contributed by atoms with Gasteiger partial charge in [0.05, 0.1) is 24.9 Å². The Labute approximate surface area is 191 Å². The van der Waals surface area contributed by atoms with Crippen molar-refractivity contribution in [2.24, 2.45) is 0 Å². The second kappa shape index (κ2) is 9.33. The first-order chi connectivity index (χ1) is 15.4. The van der Waals surface area contributed by atoms with E-state index in [0.29, 0.717) is 31.9 Å². The van der Waals surface area contributed by atoms with Gasteiger partial charge in [0.15, 0.2) is 15.0 Å². The zero-order chi connectivity index (χ0) is 22.7. The van der Waals surface area contributed by atoms with E-state index in [9.17, 15) is 13.2 Å². The van der Waals surface area contributed by atoms with Gasteiger partial charge in [-0.2, -0.15) is 0 Å². The number of fused-ring (bicyclic) bond motifs is 1. The molecule has 8 nitrogen and oxygen atoms in total. The van der Waals surface area contributed by atoms with E-state index in [4.69, 9.17) is 14.5 Å². The highest BCUT2D eigenvalue weighted by Gasteiger charge is 2.25. The largest absolute Gasteiger partial charge is 0.495 e. The molecule has 0 bridgehead atoms. The summed E-state index contributed by atoms with van der Waals surface area (Å²) in [4.78, 5) is 21.5. The number of benzene rings is 2. The Hall–Kier alpha value is -2.85. The van der Waals surface area contributed by atoms with Crippen molar-refractivity contribution in [2.75, 3.05) is 51.1 Å². The molecule has 0 atom stereocenters. The molecule has 1 aliphatic rings. The summed E-state index contributed by atoms with van der Waals surface area (Å²) in [5.41, 5.74) is 0.761. The molecule has 0 saturated carbocycles. The maximum absolute atomic E-state index is 12.6. The van der Waals surface area contributed by atoms with Crippen LogP contribution in [0.15, 0.2) is 47.4 Å². The number of sulfone groups is 1. The van der Waals surface area contributed by atoms with E-state index in [1.165, 1.54) is 11.3 Å². The number of carbonyl (C=O) groups excluding carboxylic acids is 1. The van der Waals surface area contributed by atoms with E-state index >= 15 is 0 Å². The summed E-state index contributed by atoms with van der Waals surface area (Å²) in [7, 11) is -0.224. The van der Waals surface area contributed by atoms with Gasteiger partial charge >= 0.3 is 0 Å². The van der Waals surface area contributed by atoms with Crippen LogP contribution in [-0.4, -0.2) is 70.4 Å². The lowest BCUT2D eigenvalue weighted by atomic mass is 10.3. The molecule has 1 saturated heterocycles. The zero-order valence-corrected chi connectivity index (χ0v) is 19.6. The van der Waals surface area contributed by atoms with Gasteiger partial charge in [-0.25, -0.2) is 13.4 Å². The highest BCUT2D eigenvalue weighted by Crippen LogP contribution is 2.40. The topological polar surface area (TPSA) is 89.0 Å². The third kappa shape index (κ3) is 4.51. The molecule has 10 heteroatoms. The van der Waals surface area contributed by atoms with Gasteiger partial charge in [-0.05, 0) is 24.3 Å². The number of hydrogen-bond donors (Lipinski definition) is 0. The lowest BCUT2D eigenvalue weighted by Gasteiger charge is -2.34. The molecule has 0 aliphatic carbocycles. The number of rotatable bonds is 7. The minimum Gasteiger partial charge on any atom is -0.495 e. The van der Waals surface area contributed by atoms with Crippen molar-refractivity contribution >= 4 is 42.4 Å². The number of anilines is 1. The van der Waals surface area contributed by atoms with Gasteiger partial charge in [0, 0.05) is 32.6 Å². The summed E-state index contributed by atoms with van der Waals surface area (Å²) < 4.78 is 36.7. The van der Waals surface area contributed by atoms with Gasteiger partial charge in [0.2, 0.25) is 5.91 Å². The van der Waals surface area contributed by atoms with Crippen LogP contribution >= 0.6 is 11.3 Å². The van der Waals surface area contributed by atoms with Gasteiger partial charge in [0.25, 0.3) is 0 Å². The lowest BCUT2D eigenvalue weighted by Crippen LogP contribution is -2.49. The Kier molecular flexibility index (Phi) is 6.52. The van der Waals surface area contributed by atoms with Crippen LogP contribution in [0.4, 0.5) is 5.13 Å². The van der Waals surface area contributed by atoms with Crippen LogP contribution < -0.4 is 14.4 Å². The standard InChI is InChI=1S/C22H25N3O5S2/c1-29-17-8-9-18(30-2)21-20(17)23-22(31-21)25-13-11-24(12-14-25)19(26)10-15-32(27,28)16-6-4-3-5-7-16/h3-9H,10-15H2,1-2H3. The molecule has 0 unspecified atom stereocenters. The highest BCUT2D eigenvalue weighted by atomic mass is 32.2. The van der Waals surface area contributed by atoms with Crippen LogP contribution in [0, 0.1) is 0 Å². The Morgan fingerprint density at radius 3 is 2.31 bits per heavy atom. The minimum atomic E-state index is -3.47. The van der Waals surface area contributed by atoms with Gasteiger partial charge in [0.1, 0.15) is 21.7 Å². The maximum Gasteiger partial charge on any atom is 0.223 e. The van der Waals surface area contributed by atoms with Gasteiger partial charge < -0.3 is 19.3 Å². The van der Waals surface area contributed by atoms with Crippen molar-refractivity contribution in [1.82, 2.24) is 9.88 Å². The Bertz CT molecular complexity index is 1160. The number of hydrogen-bond acceptors (Lipinski definition) is 8. The third-order valence-corrected chi connectivity index (χ3v) is 8.35. The molecule has 4 rings (SSSR count). The fourth-order valence-corrected chi connectivity index (χ4v) is 6.06. The van der Waals surface area contributed by atoms with Crippen molar-refractivity contribution in [3.63, 3.8) is 0 Å². The van der Waals surface area contributed by atoms with Crippen molar-refractivity contribution in [3.05, 3.63) is 42.5 Å². The molecule has 1 aliphatic heterocycles. The molecular weight excluding hydrogens is 450 g/mol. The van der Waals surface area contributed by atoms with Crippen LogP contribution in [0.5, 0.6) is 11.5 Å². The van der Waals surface area contributed by atoms with E-state index < -0.39 is 9.84 Å². The summed E-state index contributed by atoms with van der Waals surface area (Å²) in [5, 5.41) is 0.849. The van der Waals surface area contributed by atoms with E-state index in [2.05, 4.69) is 4.90 Å². The maximum atomic E-state index is 12.6. The molecule has 1 fully saturated rings. The first-order valence-electron chi connectivity index (χ1n) is 10.2. The first kappa shape index (κ1) is 22.3. The van der Waals surface area contributed by atoms with E-state index in [0.717, 1.165) is 21.1 Å². The number of methoxy groups -OCH3 is 2. The van der Waals surface area contributed by atoms with E-state index in [1.807, 2.05) is 12.1 Å². The Balaban J connectivity index is 1.38. The molecule has 3 aromatic rings. The predicted molar refractivity (Wildman–Crippen MR) is 125 cm³/mol. The number of nitrogens with zero attached hydrogens (tertiary/aromatic N) is 3. The van der Waals surface area contributed by atoms with Crippen LogP contribution in [0.2, 0.25) is 0 Å². The van der Waals surface area contributed by atoms with Crippen molar-refractivity contribution in [1.29, 1.82) is 0 Å². The third-order valence-electron chi connectivity index (χ3n) is 5.49. The zero-order valence-electron chi connectivity index (χ0n) is 18.0. The molecule has 0 spiro atoms. The van der Waals surface area contributed by atoms with Gasteiger partial charge in [-0.3, -0.25) is 4.79 Å². The molecule has 1 amide bonds. The highest BCUT2D eigenvalue weighted by molar-refractivity contribution is 7.91. The van der Waals surface area contributed by atoms with Crippen LogP contribution in [0.3, 0.4) is 0 Å². The van der Waals surface area contributed by atoms with E-state index in [1.54, 1.807) is 49.5 Å². The van der Waals surface area contributed by atoms with Crippen LogP contribution in [-0.2, 0) is 14.6 Å². The monoisotopic (exact) mass is 475 g/mol. The van der Waals surface area contributed by atoms with Crippen molar-refractivity contribution < 1.29 is 22.7 Å². The fraction of sp³-hybridized carbons (Fsp3) is 0.364. The number of thiazole rings is 1. The molecule has 2 heterocycles. The van der Waals surface area contributed by atoms with Gasteiger partial charge in [-0.1, -0.05) is 29.5 Å². The smallest absolute Gasteiger partial charge is 0.223 e. The lowest BCUT2D eigenvalue weighted by molar-refractivity contribution is -0.131. The quantitative estimate of drug-likeness (QED) is 0.519. The fourth-order valence-electron chi connectivity index (χ4n) is 3.68. The molecule has 0 N–H and O–H groups in total. The second-order valence-corrected chi connectivity index (χ2v) is 10.5. The summed E-state index contributed by atoms with van der Waals surface area (Å²) in [5.74, 6) is 1.11. The molecule has 32 heavy (non-hydrogen) atoms. The molecule has 170 valence electrons. The average molecular weight is 476 g/mol. The number of ether oxygens (including phenoxy) is 2. The normalized spacial score (nSPS) is 14.6. The minimum absolute atomic E-state index is 0.0211. The average Bonchev–Trinajstić information content (AvgIpc) is 3.28. The molecule has 2 aromatic carbocycles. The van der Waals surface area contributed by atoms with Crippen molar-refractivity contribution in [2.45, 2.75) is 11.3 Å². The number of aromatic nitrogens is 1. The molecular formula is C22H25N3O5S2. The molecule has 1 aromatic heterocycles. The number of carbonyl (C=O) groups is 1. The Morgan fingerprint density at radius 2 is 1.66 bits per heavy atom. The molecule has 0 radical (unpaired) electrons. The summed E-state index contributed by atoms with van der Waals surface area (Å²) in [6.07, 6.45) is -0.0211. The first-order valence-corrected chi connectivity index (χ1v) is 12.7. The number of piperazine rings is 1.